The molecule has 2 N–H and O–H groups in total. The summed E-state index contributed by atoms with van der Waals surface area (Å²) in [4.78, 5) is 10.6. The van der Waals surface area contributed by atoms with Gasteiger partial charge in [-0.15, -0.1) is 0 Å². The molecule has 0 aromatic carbocycles. The first kappa shape index (κ1) is 13.5. The molecule has 0 bridgehead atoms. The Morgan fingerprint density at radius 1 is 1.12 bits per heavy atom. The van der Waals surface area contributed by atoms with Crippen LogP contribution in [0.3, 0.4) is 0 Å². The van der Waals surface area contributed by atoms with Crippen LogP contribution in [0.25, 0.3) is 0 Å². The van der Waals surface area contributed by atoms with Crippen molar-refractivity contribution in [1.29, 1.82) is 0 Å². The van der Waals surface area contributed by atoms with E-state index in [1.807, 2.05) is 0 Å². The summed E-state index contributed by atoms with van der Waals surface area (Å²) in [5, 5.41) is 6.17. The minimum Gasteiger partial charge on any atom is -0.355 e. The molecular weight excluding hydrogens is 200 g/mol. The normalized spacial score (nSPS) is 25.4. The van der Waals surface area contributed by atoms with Crippen LogP contribution in [0.1, 0.15) is 46.0 Å². The topological polar surface area (TPSA) is 41.1 Å². The zero-order valence-corrected chi connectivity index (χ0v) is 10.7. The quantitative estimate of drug-likeness (QED) is 0.679. The van der Waals surface area contributed by atoms with Crippen LogP contribution in [0.4, 0.5) is 0 Å². The number of amides is 1. The highest BCUT2D eigenvalue weighted by molar-refractivity contribution is 5.72. The Morgan fingerprint density at radius 2 is 1.81 bits per heavy atom. The molecule has 16 heavy (non-hydrogen) atoms. The Hall–Kier alpha value is -0.570. The van der Waals surface area contributed by atoms with Crippen LogP contribution < -0.4 is 10.6 Å². The molecular formula is C13H26N2O. The summed E-state index contributed by atoms with van der Waals surface area (Å²) in [6, 6.07) is 0. The lowest BCUT2D eigenvalue weighted by atomic mass is 9.81. The molecule has 3 heteroatoms. The Balaban J connectivity index is 1.89. The van der Waals surface area contributed by atoms with E-state index in [4.69, 9.17) is 0 Å². The third kappa shape index (κ3) is 6.11. The lowest BCUT2D eigenvalue weighted by molar-refractivity contribution is -0.118. The number of hydrogen-bond donors (Lipinski definition) is 2. The first-order chi connectivity index (χ1) is 7.68. The van der Waals surface area contributed by atoms with Gasteiger partial charge in [0.25, 0.3) is 0 Å². The van der Waals surface area contributed by atoms with Gasteiger partial charge >= 0.3 is 0 Å². The summed E-state index contributed by atoms with van der Waals surface area (Å²) >= 11 is 0. The first-order valence-corrected chi connectivity index (χ1v) is 6.63. The van der Waals surface area contributed by atoms with Crippen LogP contribution in [0.15, 0.2) is 0 Å². The summed E-state index contributed by atoms with van der Waals surface area (Å²) < 4.78 is 0. The number of nitrogens with one attached hydrogen (secondary N) is 2. The lowest BCUT2D eigenvalue weighted by Crippen LogP contribution is -2.31. The number of carbonyl (C=O) groups is 1. The third-order valence-electron chi connectivity index (χ3n) is 3.54. The summed E-state index contributed by atoms with van der Waals surface area (Å²) in [5.41, 5.74) is 0. The Labute approximate surface area is 99.4 Å². The largest absolute Gasteiger partial charge is 0.355 e. The van der Waals surface area contributed by atoms with E-state index < -0.39 is 0 Å². The van der Waals surface area contributed by atoms with Crippen molar-refractivity contribution in [3.8, 4) is 0 Å². The standard InChI is InChI=1S/C13H26N2O/c1-11-3-5-13(6-4-11)7-8-14-9-10-15-12(2)16/h11,13-14H,3-10H2,1-2H3,(H,15,16). The summed E-state index contributed by atoms with van der Waals surface area (Å²) in [7, 11) is 0. The van der Waals surface area contributed by atoms with Crippen LogP contribution in [-0.4, -0.2) is 25.5 Å². The van der Waals surface area contributed by atoms with Crippen LogP contribution in [0.5, 0.6) is 0 Å². The molecule has 0 radical (unpaired) electrons. The molecule has 0 unspecified atom stereocenters. The molecule has 0 aromatic heterocycles. The number of carbonyl (C=O) groups excluding carboxylic acids is 1. The predicted octanol–water partition coefficient (Wildman–Crippen LogP) is 1.93. The van der Waals surface area contributed by atoms with Crippen LogP contribution in [0.2, 0.25) is 0 Å². The Bertz CT molecular complexity index is 198. The monoisotopic (exact) mass is 226 g/mol. The Morgan fingerprint density at radius 3 is 2.44 bits per heavy atom. The molecule has 1 saturated carbocycles. The van der Waals surface area contributed by atoms with Crippen molar-refractivity contribution in [2.45, 2.75) is 46.0 Å². The van der Waals surface area contributed by atoms with Gasteiger partial charge in [0.2, 0.25) is 5.91 Å². The molecule has 0 saturated heterocycles. The van der Waals surface area contributed by atoms with Gasteiger partial charge in [0, 0.05) is 20.0 Å². The molecule has 0 aromatic rings. The molecule has 1 rings (SSSR count). The maximum atomic E-state index is 10.6. The molecule has 3 nitrogen and oxygen atoms in total. The van der Waals surface area contributed by atoms with Crippen LogP contribution >= 0.6 is 0 Å². The van der Waals surface area contributed by atoms with E-state index in [-0.39, 0.29) is 5.91 Å². The second-order valence-electron chi connectivity index (χ2n) is 5.15. The Kier molecular flexibility index (Phi) is 6.46. The van der Waals surface area contributed by atoms with Crippen molar-refractivity contribution < 1.29 is 4.79 Å². The van der Waals surface area contributed by atoms with E-state index >= 15 is 0 Å². The molecule has 1 aliphatic carbocycles. The summed E-state index contributed by atoms with van der Waals surface area (Å²) in [5.74, 6) is 1.94. The van der Waals surface area contributed by atoms with Crippen molar-refractivity contribution in [2.24, 2.45) is 11.8 Å². The van der Waals surface area contributed by atoms with Crippen molar-refractivity contribution in [1.82, 2.24) is 10.6 Å². The van der Waals surface area contributed by atoms with Gasteiger partial charge in [-0.2, -0.15) is 0 Å². The minimum atomic E-state index is 0.0584. The molecule has 0 aliphatic heterocycles. The fourth-order valence-corrected chi connectivity index (χ4v) is 2.38. The average Bonchev–Trinajstić information content (AvgIpc) is 2.25. The van der Waals surface area contributed by atoms with E-state index in [1.165, 1.54) is 32.1 Å². The molecule has 0 spiro atoms. The number of hydrogen-bond acceptors (Lipinski definition) is 2. The molecule has 94 valence electrons. The summed E-state index contributed by atoms with van der Waals surface area (Å²) in [6.45, 7) is 6.66. The smallest absolute Gasteiger partial charge is 0.216 e. The van der Waals surface area contributed by atoms with E-state index in [1.54, 1.807) is 6.92 Å². The van der Waals surface area contributed by atoms with Gasteiger partial charge in [-0.1, -0.05) is 32.6 Å². The van der Waals surface area contributed by atoms with Crippen molar-refractivity contribution >= 4 is 5.91 Å². The average molecular weight is 226 g/mol. The van der Waals surface area contributed by atoms with Gasteiger partial charge in [0.15, 0.2) is 0 Å². The second-order valence-corrected chi connectivity index (χ2v) is 5.15. The maximum Gasteiger partial charge on any atom is 0.216 e. The predicted molar refractivity (Wildman–Crippen MR) is 67.3 cm³/mol. The van der Waals surface area contributed by atoms with Crippen molar-refractivity contribution in [3.63, 3.8) is 0 Å². The van der Waals surface area contributed by atoms with Crippen molar-refractivity contribution in [3.05, 3.63) is 0 Å². The molecule has 0 heterocycles. The molecule has 1 aliphatic rings. The van der Waals surface area contributed by atoms with Gasteiger partial charge in [-0.25, -0.2) is 0 Å². The molecule has 1 fully saturated rings. The van der Waals surface area contributed by atoms with Gasteiger partial charge in [0.1, 0.15) is 0 Å². The highest BCUT2D eigenvalue weighted by atomic mass is 16.1. The highest BCUT2D eigenvalue weighted by Crippen LogP contribution is 2.29. The maximum absolute atomic E-state index is 10.6. The molecule has 0 atom stereocenters. The first-order valence-electron chi connectivity index (χ1n) is 6.63. The fraction of sp³-hybridized carbons (Fsp3) is 0.923. The van der Waals surface area contributed by atoms with Crippen LogP contribution in [-0.2, 0) is 4.79 Å². The second kappa shape index (κ2) is 7.66. The zero-order chi connectivity index (χ0) is 11.8. The highest BCUT2D eigenvalue weighted by Gasteiger charge is 2.17. The van der Waals surface area contributed by atoms with E-state index in [2.05, 4.69) is 17.6 Å². The van der Waals surface area contributed by atoms with Gasteiger partial charge in [-0.3, -0.25) is 4.79 Å². The lowest BCUT2D eigenvalue weighted by Gasteiger charge is -2.26. The van der Waals surface area contributed by atoms with E-state index in [0.29, 0.717) is 0 Å². The fourth-order valence-electron chi connectivity index (χ4n) is 2.38. The third-order valence-corrected chi connectivity index (χ3v) is 3.54. The van der Waals surface area contributed by atoms with Gasteiger partial charge in [0.05, 0.1) is 0 Å². The SMILES string of the molecule is CC(=O)NCCNCCC1CCC(C)CC1. The molecule has 1 amide bonds. The number of rotatable bonds is 6. The van der Waals surface area contributed by atoms with Gasteiger partial charge < -0.3 is 10.6 Å². The summed E-state index contributed by atoms with van der Waals surface area (Å²) in [6.07, 6.45) is 6.95. The van der Waals surface area contributed by atoms with E-state index in [9.17, 15) is 4.79 Å². The van der Waals surface area contributed by atoms with Crippen LogP contribution in [0, 0.1) is 11.8 Å². The zero-order valence-electron chi connectivity index (χ0n) is 10.7. The van der Waals surface area contributed by atoms with Crippen molar-refractivity contribution in [2.75, 3.05) is 19.6 Å². The minimum absolute atomic E-state index is 0.0584. The van der Waals surface area contributed by atoms with Gasteiger partial charge in [-0.05, 0) is 24.8 Å². The van der Waals surface area contributed by atoms with E-state index in [0.717, 1.165) is 31.5 Å².